The van der Waals surface area contributed by atoms with Crippen LogP contribution in [0.3, 0.4) is 0 Å². The minimum atomic E-state index is -0.790. The van der Waals surface area contributed by atoms with Crippen LogP contribution in [0, 0.1) is 0 Å². The zero-order valence-electron chi connectivity index (χ0n) is 9.58. The molecule has 19 heavy (non-hydrogen) atoms. The summed E-state index contributed by atoms with van der Waals surface area (Å²) in [5, 5.41) is 3.82. The lowest BCUT2D eigenvalue weighted by atomic mass is 10.2. The Hall–Kier alpha value is -2.50. The number of halogens is 1. The number of nitrogens with zero attached hydrogens (tertiary/aromatic N) is 3. The lowest BCUT2D eigenvalue weighted by Gasteiger charge is -2.05. The van der Waals surface area contributed by atoms with Crippen LogP contribution >= 0.6 is 11.6 Å². The number of carbonyl (C=O) groups excluding carboxylic acids is 1. The maximum absolute atomic E-state index is 11.5. The molecule has 0 fully saturated rings. The van der Waals surface area contributed by atoms with Crippen molar-refractivity contribution in [2.75, 3.05) is 0 Å². The lowest BCUT2D eigenvalue weighted by Crippen LogP contribution is -2.02. The molecule has 7 nitrogen and oxygen atoms in total. The van der Waals surface area contributed by atoms with Crippen molar-refractivity contribution in [3.63, 3.8) is 0 Å². The smallest absolute Gasteiger partial charge is 0.345 e. The van der Waals surface area contributed by atoms with Crippen molar-refractivity contribution in [3.05, 3.63) is 44.1 Å². The molecule has 0 aliphatic rings. The Balaban J connectivity index is 2.68. The minimum Gasteiger partial charge on any atom is -0.425 e. The van der Waals surface area contributed by atoms with E-state index >= 15 is 0 Å². The van der Waals surface area contributed by atoms with Crippen molar-refractivity contribution >= 4 is 34.2 Å². The number of fused-ring (bicyclic) bond motifs is 1. The third-order valence-corrected chi connectivity index (χ3v) is 2.47. The SMILES string of the molecule is CC(=O)Oc1cc2oc(=O)c(N=[N+]=[N-])cc2cc1Cl. The van der Waals surface area contributed by atoms with Gasteiger partial charge < -0.3 is 9.15 Å². The molecule has 0 N–H and O–H groups in total. The van der Waals surface area contributed by atoms with Gasteiger partial charge in [0, 0.05) is 23.3 Å². The molecule has 0 aliphatic carbocycles. The van der Waals surface area contributed by atoms with Crippen molar-refractivity contribution in [3.8, 4) is 5.75 Å². The number of hydrogen-bond donors (Lipinski definition) is 0. The van der Waals surface area contributed by atoms with Crippen molar-refractivity contribution in [2.45, 2.75) is 6.92 Å². The molecule has 1 aromatic heterocycles. The predicted molar refractivity (Wildman–Crippen MR) is 67.6 cm³/mol. The fourth-order valence-electron chi connectivity index (χ4n) is 1.46. The molecule has 8 heteroatoms. The molecule has 0 bridgehead atoms. The van der Waals surface area contributed by atoms with Gasteiger partial charge in [-0.1, -0.05) is 16.7 Å². The average Bonchev–Trinajstić information content (AvgIpc) is 2.32. The first kappa shape index (κ1) is 12.9. The van der Waals surface area contributed by atoms with E-state index in [1.165, 1.54) is 25.1 Å². The Labute approximate surface area is 111 Å². The average molecular weight is 280 g/mol. The van der Waals surface area contributed by atoms with Gasteiger partial charge in [0.15, 0.2) is 5.75 Å². The number of rotatable bonds is 2. The van der Waals surface area contributed by atoms with E-state index < -0.39 is 11.6 Å². The number of carbonyl (C=O) groups is 1. The van der Waals surface area contributed by atoms with Crippen LogP contribution in [0.4, 0.5) is 5.69 Å². The molecule has 0 saturated heterocycles. The summed E-state index contributed by atoms with van der Waals surface area (Å²) in [6.45, 7) is 1.22. The molecule has 0 unspecified atom stereocenters. The van der Waals surface area contributed by atoms with E-state index in [0.29, 0.717) is 5.39 Å². The Morgan fingerprint density at radius 1 is 1.47 bits per heavy atom. The van der Waals surface area contributed by atoms with Crippen LogP contribution in [0.15, 0.2) is 32.5 Å². The van der Waals surface area contributed by atoms with Gasteiger partial charge in [0.05, 0.1) is 5.02 Å². The molecule has 96 valence electrons. The van der Waals surface area contributed by atoms with E-state index in [1.807, 2.05) is 0 Å². The molecule has 0 saturated carbocycles. The van der Waals surface area contributed by atoms with E-state index in [-0.39, 0.29) is 22.0 Å². The van der Waals surface area contributed by atoms with Crippen LogP contribution in [0.25, 0.3) is 21.4 Å². The Bertz CT molecular complexity index is 777. The highest BCUT2D eigenvalue weighted by Gasteiger charge is 2.10. The number of esters is 1. The summed E-state index contributed by atoms with van der Waals surface area (Å²) in [5.74, 6) is -0.462. The van der Waals surface area contributed by atoms with Crippen molar-refractivity contribution in [2.24, 2.45) is 5.11 Å². The van der Waals surface area contributed by atoms with Crippen LogP contribution in [0.1, 0.15) is 6.92 Å². The van der Waals surface area contributed by atoms with Gasteiger partial charge in [-0.25, -0.2) is 4.79 Å². The van der Waals surface area contributed by atoms with Crippen LogP contribution in [0.5, 0.6) is 5.75 Å². The lowest BCUT2D eigenvalue weighted by molar-refractivity contribution is -0.131. The van der Waals surface area contributed by atoms with E-state index in [2.05, 4.69) is 10.0 Å². The molecule has 1 aromatic carbocycles. The molecule has 0 atom stereocenters. The number of ether oxygens (including phenoxy) is 1. The summed E-state index contributed by atoms with van der Waals surface area (Å²) in [6, 6.07) is 4.10. The molecular weight excluding hydrogens is 274 g/mol. The van der Waals surface area contributed by atoms with Crippen LogP contribution < -0.4 is 10.4 Å². The van der Waals surface area contributed by atoms with Gasteiger partial charge in [-0.05, 0) is 17.7 Å². The van der Waals surface area contributed by atoms with Crippen molar-refractivity contribution in [1.29, 1.82) is 0 Å². The summed E-state index contributed by atoms with van der Waals surface area (Å²) in [4.78, 5) is 24.9. The van der Waals surface area contributed by atoms with Crippen LogP contribution in [-0.4, -0.2) is 5.97 Å². The van der Waals surface area contributed by atoms with Crippen LogP contribution in [-0.2, 0) is 4.79 Å². The molecule has 0 spiro atoms. The second kappa shape index (κ2) is 5.01. The van der Waals surface area contributed by atoms with Gasteiger partial charge in [0.25, 0.3) is 0 Å². The van der Waals surface area contributed by atoms with Crippen molar-refractivity contribution in [1.82, 2.24) is 0 Å². The second-order valence-corrected chi connectivity index (χ2v) is 3.93. The molecular formula is C11H6ClN3O4. The second-order valence-electron chi connectivity index (χ2n) is 3.52. The summed E-state index contributed by atoms with van der Waals surface area (Å²) in [7, 11) is 0. The number of hydrogen-bond acceptors (Lipinski definition) is 5. The maximum Gasteiger partial charge on any atom is 0.345 e. The molecule has 0 radical (unpaired) electrons. The topological polar surface area (TPSA) is 105 Å². The monoisotopic (exact) mass is 279 g/mol. The number of benzene rings is 1. The molecule has 2 aromatic rings. The number of azide groups is 1. The van der Waals surface area contributed by atoms with Gasteiger partial charge in [0.2, 0.25) is 0 Å². The Morgan fingerprint density at radius 2 is 2.21 bits per heavy atom. The van der Waals surface area contributed by atoms with Gasteiger partial charge in [-0.2, -0.15) is 0 Å². The Kier molecular flexibility index (Phi) is 3.41. The minimum absolute atomic E-state index is 0.0846. The first-order valence-electron chi connectivity index (χ1n) is 5.02. The summed E-state index contributed by atoms with van der Waals surface area (Å²) in [5.41, 5.74) is 7.51. The zero-order chi connectivity index (χ0) is 14.0. The quantitative estimate of drug-likeness (QED) is 0.210. The first-order chi connectivity index (χ1) is 9.01. The molecule has 1 heterocycles. The molecule has 0 aliphatic heterocycles. The van der Waals surface area contributed by atoms with E-state index in [0.717, 1.165) is 0 Å². The zero-order valence-corrected chi connectivity index (χ0v) is 10.3. The van der Waals surface area contributed by atoms with Gasteiger partial charge in [-0.3, -0.25) is 4.79 Å². The highest BCUT2D eigenvalue weighted by molar-refractivity contribution is 6.33. The normalized spacial score (nSPS) is 10.0. The van der Waals surface area contributed by atoms with Crippen molar-refractivity contribution < 1.29 is 13.9 Å². The third kappa shape index (κ3) is 2.67. The van der Waals surface area contributed by atoms with Gasteiger partial charge in [0.1, 0.15) is 11.3 Å². The Morgan fingerprint density at radius 3 is 2.84 bits per heavy atom. The molecule has 2 rings (SSSR count). The van der Waals surface area contributed by atoms with Gasteiger partial charge in [-0.15, -0.1) is 0 Å². The fraction of sp³-hybridized carbons (Fsp3) is 0.0909. The highest BCUT2D eigenvalue weighted by atomic mass is 35.5. The first-order valence-corrected chi connectivity index (χ1v) is 5.40. The van der Waals surface area contributed by atoms with E-state index in [9.17, 15) is 9.59 Å². The van der Waals surface area contributed by atoms with E-state index in [4.69, 9.17) is 26.3 Å². The largest absolute Gasteiger partial charge is 0.425 e. The van der Waals surface area contributed by atoms with E-state index in [1.54, 1.807) is 0 Å². The molecule has 0 amide bonds. The van der Waals surface area contributed by atoms with Gasteiger partial charge >= 0.3 is 11.6 Å². The standard InChI is InChI=1S/C11H6ClN3O4/c1-5(16)18-10-4-9-6(2-7(10)12)3-8(14-15-13)11(17)19-9/h2-4H,1H3. The third-order valence-electron chi connectivity index (χ3n) is 2.17. The predicted octanol–water partition coefficient (Wildman–Crippen LogP) is 3.31. The summed E-state index contributed by atoms with van der Waals surface area (Å²) < 4.78 is 9.81. The highest BCUT2D eigenvalue weighted by Crippen LogP contribution is 2.30. The maximum atomic E-state index is 11.5. The van der Waals surface area contributed by atoms with Crippen LogP contribution in [0.2, 0.25) is 5.02 Å². The summed E-state index contributed by atoms with van der Waals surface area (Å²) in [6.07, 6.45) is 0. The fourth-order valence-corrected chi connectivity index (χ4v) is 1.67. The summed E-state index contributed by atoms with van der Waals surface area (Å²) >= 11 is 5.92.